The first-order chi connectivity index (χ1) is 18.1. The molecule has 0 fully saturated rings. The van der Waals surface area contributed by atoms with Gasteiger partial charge < -0.3 is 10.4 Å². The molecule has 0 aliphatic heterocycles. The molecule has 0 unspecified atom stereocenters. The third kappa shape index (κ3) is 30.9. The molecule has 4 nitrogen and oxygen atoms in total. The van der Waals surface area contributed by atoms with Crippen LogP contribution in [0, 0.1) is 17.7 Å². The van der Waals surface area contributed by atoms with Crippen molar-refractivity contribution in [3.8, 4) is 11.8 Å². The third-order valence-electron chi connectivity index (χ3n) is 3.74. The zero-order valence-electron chi connectivity index (χ0n) is 23.6. The zero-order valence-corrected chi connectivity index (χ0v) is 24.5. The Morgan fingerprint density at radius 2 is 1.70 bits per heavy atom. The van der Waals surface area contributed by atoms with Crippen LogP contribution in [0.4, 0.5) is 4.39 Å². The van der Waals surface area contributed by atoms with Crippen LogP contribution in [0.15, 0.2) is 76.6 Å². The average molecular weight is 528 g/mol. The van der Waals surface area contributed by atoms with Crippen LogP contribution in [-0.2, 0) is 0 Å². The summed E-state index contributed by atoms with van der Waals surface area (Å²) in [4.78, 5) is 7.80. The molecule has 0 amide bonds. The maximum atomic E-state index is 12.9. The Morgan fingerprint density at radius 1 is 1.08 bits per heavy atom. The number of aliphatic hydroxyl groups excluding tert-OH is 1. The molecule has 6 heteroatoms. The monoisotopic (exact) mass is 527 g/mol. The van der Waals surface area contributed by atoms with Gasteiger partial charge in [-0.05, 0) is 76.8 Å². The molecular formula is C31H47FN3OP. The minimum atomic E-state index is -0.277. The lowest BCUT2D eigenvalue weighted by Gasteiger charge is -2.03. The van der Waals surface area contributed by atoms with Gasteiger partial charge >= 0.3 is 0 Å². The second-order valence-electron chi connectivity index (χ2n) is 6.69. The van der Waals surface area contributed by atoms with Crippen molar-refractivity contribution in [3.63, 3.8) is 0 Å². The maximum Gasteiger partial charge on any atom is 0.123 e. The van der Waals surface area contributed by atoms with Gasteiger partial charge in [0, 0.05) is 24.7 Å². The summed E-state index contributed by atoms with van der Waals surface area (Å²) in [6.07, 6.45) is 17.6. The Bertz CT molecular complexity index is 862. The van der Waals surface area contributed by atoms with E-state index >= 15 is 0 Å². The molecule has 0 radical (unpaired) electrons. The van der Waals surface area contributed by atoms with E-state index in [1.165, 1.54) is 31.2 Å². The van der Waals surface area contributed by atoms with Gasteiger partial charge in [0.05, 0.1) is 24.4 Å². The molecule has 0 aromatic heterocycles. The van der Waals surface area contributed by atoms with Gasteiger partial charge in [-0.1, -0.05) is 71.2 Å². The molecule has 0 saturated heterocycles. The summed E-state index contributed by atoms with van der Waals surface area (Å²) in [7, 11) is 1.11. The van der Waals surface area contributed by atoms with Gasteiger partial charge in [-0.15, -0.1) is 0 Å². The first-order valence-electron chi connectivity index (χ1n) is 12.7. The predicted octanol–water partition coefficient (Wildman–Crippen LogP) is 8.45. The van der Waals surface area contributed by atoms with Crippen molar-refractivity contribution >= 4 is 32.8 Å². The number of benzene rings is 1. The quantitative estimate of drug-likeness (QED) is 0.0997. The molecule has 1 rings (SSSR count). The van der Waals surface area contributed by atoms with Crippen LogP contribution in [0.5, 0.6) is 0 Å². The molecule has 0 spiro atoms. The van der Waals surface area contributed by atoms with Gasteiger partial charge in [0.1, 0.15) is 5.82 Å². The second kappa shape index (κ2) is 35.1. The van der Waals surface area contributed by atoms with Gasteiger partial charge in [0.2, 0.25) is 0 Å². The van der Waals surface area contributed by atoms with Gasteiger partial charge in [-0.3, -0.25) is 4.99 Å². The van der Waals surface area contributed by atoms with Crippen molar-refractivity contribution in [2.75, 3.05) is 13.2 Å². The average Bonchev–Trinajstić information content (AvgIpc) is 2.93. The predicted molar refractivity (Wildman–Crippen MR) is 168 cm³/mol. The highest BCUT2D eigenvalue weighted by molar-refractivity contribution is 7.41. The number of nitrogens with zero attached hydrogens (tertiary/aromatic N) is 2. The normalized spacial score (nSPS) is 10.9. The maximum absolute atomic E-state index is 12.9. The van der Waals surface area contributed by atoms with Crippen molar-refractivity contribution in [3.05, 3.63) is 78.0 Å². The highest BCUT2D eigenvalue weighted by Crippen LogP contribution is 2.15. The number of hydrogen-bond donors (Lipinski definition) is 2. The summed E-state index contributed by atoms with van der Waals surface area (Å²) in [5.41, 5.74) is 1.51. The Balaban J connectivity index is -0.000000560. The fourth-order valence-electron chi connectivity index (χ4n) is 2.10. The van der Waals surface area contributed by atoms with Crippen LogP contribution in [0.3, 0.4) is 0 Å². The molecule has 0 atom stereocenters. The van der Waals surface area contributed by atoms with Crippen molar-refractivity contribution in [2.45, 2.75) is 67.2 Å². The van der Waals surface area contributed by atoms with E-state index in [4.69, 9.17) is 5.11 Å². The van der Waals surface area contributed by atoms with E-state index in [1.807, 2.05) is 32.7 Å². The number of nitrogens with one attached hydrogen (secondary N) is 1. The Morgan fingerprint density at radius 3 is 2.19 bits per heavy atom. The van der Waals surface area contributed by atoms with Crippen LogP contribution in [0.25, 0.3) is 5.70 Å². The zero-order chi connectivity index (χ0) is 28.4. The molecule has 1 aromatic carbocycles. The molecule has 0 aliphatic carbocycles. The summed E-state index contributed by atoms with van der Waals surface area (Å²) in [5.74, 6) is 8.96. The Hall–Kier alpha value is -3.06. The largest absolute Gasteiger partial charge is 0.395 e. The van der Waals surface area contributed by atoms with E-state index in [1.54, 1.807) is 24.3 Å². The fourth-order valence-corrected chi connectivity index (χ4v) is 2.45. The fraction of sp³-hybridized carbons (Fsp3) is 0.387. The van der Waals surface area contributed by atoms with E-state index in [-0.39, 0.29) is 12.4 Å². The Labute approximate surface area is 227 Å². The highest BCUT2D eigenvalue weighted by Gasteiger charge is 1.99. The van der Waals surface area contributed by atoms with Crippen molar-refractivity contribution in [1.29, 1.82) is 0 Å². The van der Waals surface area contributed by atoms with Crippen LogP contribution < -0.4 is 5.32 Å². The van der Waals surface area contributed by atoms with Crippen molar-refractivity contribution in [1.82, 2.24) is 5.32 Å². The Kier molecular flexibility index (Phi) is 36.5. The van der Waals surface area contributed by atoms with Gasteiger partial charge in [-0.25, -0.2) is 9.38 Å². The van der Waals surface area contributed by atoms with E-state index in [2.05, 4.69) is 78.9 Å². The van der Waals surface area contributed by atoms with E-state index in [0.29, 0.717) is 12.1 Å². The smallest absolute Gasteiger partial charge is 0.123 e. The lowest BCUT2D eigenvalue weighted by molar-refractivity contribution is 0.305. The van der Waals surface area contributed by atoms with Crippen LogP contribution in [0.2, 0.25) is 0 Å². The van der Waals surface area contributed by atoms with E-state index in [9.17, 15) is 4.39 Å². The first-order valence-corrected chi connectivity index (χ1v) is 13.8. The number of hydrogen-bond acceptors (Lipinski definition) is 3. The highest BCUT2D eigenvalue weighted by atomic mass is 31.1. The summed E-state index contributed by atoms with van der Waals surface area (Å²) in [5, 5.41) is 11.8. The van der Waals surface area contributed by atoms with Crippen LogP contribution in [-0.4, -0.2) is 37.1 Å². The second-order valence-corrected chi connectivity index (χ2v) is 7.52. The molecule has 0 bridgehead atoms. The van der Waals surface area contributed by atoms with E-state index in [0.717, 1.165) is 26.7 Å². The molecule has 0 aliphatic rings. The van der Waals surface area contributed by atoms with Gasteiger partial charge in [0.15, 0.2) is 0 Å². The van der Waals surface area contributed by atoms with Crippen molar-refractivity contribution < 1.29 is 9.50 Å². The summed E-state index contributed by atoms with van der Waals surface area (Å²) < 4.78 is 12.9. The standard InChI is InChI=1S/C16H19FN2O.C8H14.C5H8NP.C2H6/c1-2-10-18-13-16(19-11-4-3-5-12-20)14-6-8-15(17)9-7-14;1-3-5-7-8-6-4-2;1-3-4-7-5-6-2;1-2/h6-9,11,13,18,20H,2,5,10,12H2,1H3;3-6H,7-8H2,1-2H3;3-5H,2H2,1H3;1-2H3/b16-13-,19-11?;5-3-,6-4+;4-3-;. The van der Waals surface area contributed by atoms with Gasteiger partial charge in [0.25, 0.3) is 0 Å². The molecule has 2 N–H and O–H groups in total. The summed E-state index contributed by atoms with van der Waals surface area (Å²) in [6.45, 7) is 16.3. The lowest BCUT2D eigenvalue weighted by atomic mass is 10.1. The third-order valence-corrected chi connectivity index (χ3v) is 4.50. The molecule has 204 valence electrons. The minimum absolute atomic E-state index is 0.0412. The minimum Gasteiger partial charge on any atom is -0.395 e. The number of aliphatic hydroxyl groups is 1. The summed E-state index contributed by atoms with van der Waals surface area (Å²) >= 11 is 0. The van der Waals surface area contributed by atoms with Crippen LogP contribution >= 0.6 is 8.20 Å². The summed E-state index contributed by atoms with van der Waals surface area (Å²) in [6, 6.07) is 6.15. The molecule has 37 heavy (non-hydrogen) atoms. The number of aliphatic imine (C=N–C) groups is 2. The number of unbranched alkanes of at least 4 members (excludes halogenated alkanes) is 1. The lowest BCUT2D eigenvalue weighted by Crippen LogP contribution is -2.06. The van der Waals surface area contributed by atoms with Crippen LogP contribution in [0.1, 0.15) is 72.8 Å². The molecule has 0 heterocycles. The SMILES string of the molecule is C/C=C\CC/C=C/C.C=NC=P/C=C\C.CC.CCCN/C=C(\N=CC#CCCO)c1ccc(F)cc1. The first kappa shape index (κ1) is 38.5. The van der Waals surface area contributed by atoms with Gasteiger partial charge in [-0.2, -0.15) is 0 Å². The van der Waals surface area contributed by atoms with E-state index < -0.39 is 0 Å². The number of allylic oxidation sites excluding steroid dienone is 5. The number of halogens is 1. The molecule has 1 aromatic rings. The topological polar surface area (TPSA) is 57.0 Å². The number of rotatable bonds is 11. The molecule has 0 saturated carbocycles. The van der Waals surface area contributed by atoms with Crippen molar-refractivity contribution in [2.24, 2.45) is 9.98 Å². The molecular weight excluding hydrogens is 480 g/mol.